The van der Waals surface area contributed by atoms with E-state index in [9.17, 15) is 4.79 Å². The van der Waals surface area contributed by atoms with E-state index in [4.69, 9.17) is 0 Å². The summed E-state index contributed by atoms with van der Waals surface area (Å²) in [4.78, 5) is 20.9. The summed E-state index contributed by atoms with van der Waals surface area (Å²) in [7, 11) is 0. The van der Waals surface area contributed by atoms with Crippen molar-refractivity contribution in [3.05, 3.63) is 95.6 Å². The number of rotatable bonds is 7. The lowest BCUT2D eigenvalue weighted by molar-refractivity contribution is -0.123. The largest absolute Gasteiger partial charge is 0.350 e. The van der Waals surface area contributed by atoms with Crippen molar-refractivity contribution in [2.24, 2.45) is 0 Å². The molecule has 5 heteroatoms. The van der Waals surface area contributed by atoms with Crippen molar-refractivity contribution in [3.63, 3.8) is 0 Å². The molecule has 1 atom stereocenters. The minimum Gasteiger partial charge on any atom is -0.350 e. The normalized spacial score (nSPS) is 11.7. The molecule has 0 radical (unpaired) electrons. The SMILES string of the molecule is Cc1ccc(C(NCc2cccnc2)C(=O)NCc2ccncc2)cc1. The average molecular weight is 346 g/mol. The molecule has 0 spiro atoms. The van der Waals surface area contributed by atoms with Crippen molar-refractivity contribution >= 4 is 5.91 Å². The van der Waals surface area contributed by atoms with Gasteiger partial charge in [0.1, 0.15) is 6.04 Å². The van der Waals surface area contributed by atoms with E-state index in [0.717, 1.165) is 22.3 Å². The highest BCUT2D eigenvalue weighted by Crippen LogP contribution is 2.15. The molecule has 0 saturated carbocycles. The molecule has 2 aromatic heterocycles. The van der Waals surface area contributed by atoms with Crippen LogP contribution in [-0.4, -0.2) is 15.9 Å². The lowest BCUT2D eigenvalue weighted by Gasteiger charge is -2.19. The smallest absolute Gasteiger partial charge is 0.242 e. The van der Waals surface area contributed by atoms with Crippen LogP contribution in [0.15, 0.2) is 73.3 Å². The van der Waals surface area contributed by atoms with Crippen molar-refractivity contribution in [2.75, 3.05) is 0 Å². The maximum absolute atomic E-state index is 12.8. The van der Waals surface area contributed by atoms with Crippen LogP contribution in [0.1, 0.15) is 28.3 Å². The minimum absolute atomic E-state index is 0.0606. The maximum Gasteiger partial charge on any atom is 0.242 e. The Morgan fingerprint density at radius 3 is 2.38 bits per heavy atom. The Balaban J connectivity index is 1.71. The first-order valence-electron chi connectivity index (χ1n) is 8.58. The van der Waals surface area contributed by atoms with Crippen LogP contribution in [0.3, 0.4) is 0 Å². The van der Waals surface area contributed by atoms with Gasteiger partial charge < -0.3 is 5.32 Å². The lowest BCUT2D eigenvalue weighted by atomic mass is 10.0. The summed E-state index contributed by atoms with van der Waals surface area (Å²) in [6.45, 7) is 3.07. The predicted octanol–water partition coefficient (Wildman–Crippen LogP) is 2.93. The summed E-state index contributed by atoms with van der Waals surface area (Å²) in [5.41, 5.74) is 4.15. The second-order valence-electron chi connectivity index (χ2n) is 6.16. The van der Waals surface area contributed by atoms with E-state index in [1.54, 1.807) is 24.8 Å². The van der Waals surface area contributed by atoms with Crippen LogP contribution < -0.4 is 10.6 Å². The first kappa shape index (κ1) is 17.8. The summed E-state index contributed by atoms with van der Waals surface area (Å²) in [5.74, 6) is -0.0606. The van der Waals surface area contributed by atoms with Gasteiger partial charge in [-0.1, -0.05) is 35.9 Å². The Morgan fingerprint density at radius 2 is 1.69 bits per heavy atom. The Hall–Kier alpha value is -3.05. The van der Waals surface area contributed by atoms with Crippen molar-refractivity contribution < 1.29 is 4.79 Å². The van der Waals surface area contributed by atoms with E-state index >= 15 is 0 Å². The molecule has 132 valence electrons. The second kappa shape index (κ2) is 8.87. The Morgan fingerprint density at radius 1 is 0.923 bits per heavy atom. The van der Waals surface area contributed by atoms with E-state index in [2.05, 4.69) is 20.6 Å². The zero-order chi connectivity index (χ0) is 18.2. The van der Waals surface area contributed by atoms with Gasteiger partial charge in [0.2, 0.25) is 5.91 Å². The quantitative estimate of drug-likeness (QED) is 0.690. The zero-order valence-electron chi connectivity index (χ0n) is 14.7. The topological polar surface area (TPSA) is 66.9 Å². The summed E-state index contributed by atoms with van der Waals surface area (Å²) in [6.07, 6.45) is 6.98. The van der Waals surface area contributed by atoms with Gasteiger partial charge in [0.15, 0.2) is 0 Å². The van der Waals surface area contributed by atoms with Crippen LogP contribution >= 0.6 is 0 Å². The summed E-state index contributed by atoms with van der Waals surface area (Å²) in [5, 5.41) is 6.35. The molecule has 0 saturated heterocycles. The third-order valence-corrected chi connectivity index (χ3v) is 4.12. The molecule has 2 heterocycles. The number of hydrogen-bond acceptors (Lipinski definition) is 4. The van der Waals surface area contributed by atoms with Crippen molar-refractivity contribution in [1.82, 2.24) is 20.6 Å². The number of nitrogens with one attached hydrogen (secondary N) is 2. The van der Waals surface area contributed by atoms with E-state index < -0.39 is 6.04 Å². The van der Waals surface area contributed by atoms with E-state index in [0.29, 0.717) is 13.1 Å². The van der Waals surface area contributed by atoms with E-state index in [-0.39, 0.29) is 5.91 Å². The first-order valence-corrected chi connectivity index (χ1v) is 8.58. The number of carbonyl (C=O) groups is 1. The number of amides is 1. The molecule has 1 aromatic carbocycles. The Kier molecular flexibility index (Phi) is 6.06. The van der Waals surface area contributed by atoms with Crippen LogP contribution in [0.4, 0.5) is 0 Å². The second-order valence-corrected chi connectivity index (χ2v) is 6.16. The van der Waals surface area contributed by atoms with E-state index in [1.165, 1.54) is 0 Å². The number of hydrogen-bond donors (Lipinski definition) is 2. The van der Waals surface area contributed by atoms with Gasteiger partial charge >= 0.3 is 0 Å². The Labute approximate surface area is 153 Å². The minimum atomic E-state index is -0.433. The highest BCUT2D eigenvalue weighted by molar-refractivity contribution is 5.83. The molecule has 2 N–H and O–H groups in total. The highest BCUT2D eigenvalue weighted by Gasteiger charge is 2.19. The fourth-order valence-electron chi connectivity index (χ4n) is 2.64. The monoisotopic (exact) mass is 346 g/mol. The molecule has 1 unspecified atom stereocenters. The number of benzene rings is 1. The average Bonchev–Trinajstić information content (AvgIpc) is 2.69. The van der Waals surface area contributed by atoms with Gasteiger partial charge in [-0.15, -0.1) is 0 Å². The molecular weight excluding hydrogens is 324 g/mol. The van der Waals surface area contributed by atoms with Crippen molar-refractivity contribution in [2.45, 2.75) is 26.1 Å². The van der Waals surface area contributed by atoms with Gasteiger partial charge in [0.25, 0.3) is 0 Å². The van der Waals surface area contributed by atoms with Crippen LogP contribution in [0, 0.1) is 6.92 Å². The van der Waals surface area contributed by atoms with Gasteiger partial charge in [0.05, 0.1) is 0 Å². The molecule has 0 aliphatic carbocycles. The van der Waals surface area contributed by atoms with Crippen LogP contribution in [0.25, 0.3) is 0 Å². The molecule has 1 amide bonds. The summed E-state index contributed by atoms with van der Waals surface area (Å²) < 4.78 is 0. The zero-order valence-corrected chi connectivity index (χ0v) is 14.7. The molecule has 0 fully saturated rings. The molecule has 3 aromatic rings. The molecule has 0 aliphatic rings. The van der Waals surface area contributed by atoms with Crippen LogP contribution in [0.2, 0.25) is 0 Å². The number of aryl methyl sites for hydroxylation is 1. The summed E-state index contributed by atoms with van der Waals surface area (Å²) in [6, 6.07) is 15.2. The molecule has 3 rings (SSSR count). The molecule has 0 aliphatic heterocycles. The van der Waals surface area contributed by atoms with Crippen LogP contribution in [0.5, 0.6) is 0 Å². The van der Waals surface area contributed by atoms with Crippen molar-refractivity contribution in [1.29, 1.82) is 0 Å². The van der Waals surface area contributed by atoms with Gasteiger partial charge in [-0.05, 0) is 41.8 Å². The molecular formula is C21H22N4O. The standard InChI is InChI=1S/C21H22N4O/c1-16-4-6-19(7-5-16)20(24-15-18-3-2-10-23-13-18)21(26)25-14-17-8-11-22-12-9-17/h2-13,20,24H,14-15H2,1H3,(H,25,26). The van der Waals surface area contributed by atoms with Gasteiger partial charge in [-0.25, -0.2) is 0 Å². The fraction of sp³-hybridized carbons (Fsp3) is 0.190. The van der Waals surface area contributed by atoms with Crippen molar-refractivity contribution in [3.8, 4) is 0 Å². The molecule has 0 bridgehead atoms. The Bertz CT molecular complexity index is 820. The van der Waals surface area contributed by atoms with Gasteiger partial charge in [0, 0.05) is 37.9 Å². The van der Waals surface area contributed by atoms with Gasteiger partial charge in [-0.3, -0.25) is 20.1 Å². The predicted molar refractivity (Wildman–Crippen MR) is 101 cm³/mol. The number of pyridine rings is 2. The number of aromatic nitrogens is 2. The van der Waals surface area contributed by atoms with Crippen LogP contribution in [-0.2, 0) is 17.9 Å². The third kappa shape index (κ3) is 4.97. The molecule has 26 heavy (non-hydrogen) atoms. The fourth-order valence-corrected chi connectivity index (χ4v) is 2.64. The third-order valence-electron chi connectivity index (χ3n) is 4.12. The maximum atomic E-state index is 12.8. The number of carbonyl (C=O) groups excluding carboxylic acids is 1. The van der Waals surface area contributed by atoms with E-state index in [1.807, 2.05) is 55.5 Å². The number of nitrogens with zero attached hydrogens (tertiary/aromatic N) is 2. The first-order chi connectivity index (χ1) is 12.7. The van der Waals surface area contributed by atoms with Gasteiger partial charge in [-0.2, -0.15) is 0 Å². The molecule has 5 nitrogen and oxygen atoms in total. The summed E-state index contributed by atoms with van der Waals surface area (Å²) >= 11 is 0. The lowest BCUT2D eigenvalue weighted by Crippen LogP contribution is -2.37. The highest BCUT2D eigenvalue weighted by atomic mass is 16.2.